The van der Waals surface area contributed by atoms with Gasteiger partial charge in [-0.1, -0.05) is 30.4 Å². The van der Waals surface area contributed by atoms with Crippen LogP contribution in [0.2, 0.25) is 5.02 Å². The first kappa shape index (κ1) is 14.6. The number of carbonyl (C=O) groups is 1. The Morgan fingerprint density at radius 2 is 2.22 bits per heavy atom. The van der Waals surface area contributed by atoms with Gasteiger partial charge in [-0.2, -0.15) is 0 Å². The maximum Gasteiger partial charge on any atom is 0.253 e. The number of amides is 1. The van der Waals surface area contributed by atoms with E-state index >= 15 is 0 Å². The fourth-order valence-corrected chi connectivity index (χ4v) is 1.77. The Morgan fingerprint density at radius 3 is 2.78 bits per heavy atom. The van der Waals surface area contributed by atoms with Gasteiger partial charge in [0.05, 0.1) is 5.02 Å². The van der Waals surface area contributed by atoms with Crippen LogP contribution >= 0.6 is 11.6 Å². The lowest BCUT2D eigenvalue weighted by atomic mass is 10.1. The molecule has 0 aliphatic heterocycles. The van der Waals surface area contributed by atoms with E-state index in [9.17, 15) is 4.79 Å². The smallest absolute Gasteiger partial charge is 0.253 e. The third-order valence-electron chi connectivity index (χ3n) is 2.42. The predicted octanol–water partition coefficient (Wildman–Crippen LogP) is 2.17. The number of halogens is 1. The zero-order valence-corrected chi connectivity index (χ0v) is 11.3. The predicted molar refractivity (Wildman–Crippen MR) is 72.7 cm³/mol. The summed E-state index contributed by atoms with van der Waals surface area (Å²) < 4.78 is 0. The molecule has 0 heterocycles. The van der Waals surface area contributed by atoms with Crippen LogP contribution in [0, 0.1) is 11.8 Å². The zero-order valence-electron chi connectivity index (χ0n) is 10.5. The molecule has 4 heteroatoms. The van der Waals surface area contributed by atoms with Crippen LogP contribution in [0.25, 0.3) is 0 Å². The van der Waals surface area contributed by atoms with Crippen LogP contribution in [0.3, 0.4) is 0 Å². The van der Waals surface area contributed by atoms with Crippen LogP contribution < -0.4 is 0 Å². The number of carbonyl (C=O) groups excluding carboxylic acids is 1. The monoisotopic (exact) mass is 265 g/mol. The normalized spacial score (nSPS) is 9.56. The van der Waals surface area contributed by atoms with Gasteiger partial charge >= 0.3 is 0 Å². The Bertz CT molecular complexity index is 488. The van der Waals surface area contributed by atoms with Gasteiger partial charge in [-0.15, -0.1) is 0 Å². The molecule has 1 rings (SSSR count). The highest BCUT2D eigenvalue weighted by molar-refractivity contribution is 6.32. The van der Waals surface area contributed by atoms with Gasteiger partial charge in [0.15, 0.2) is 0 Å². The maximum absolute atomic E-state index is 12.0. The molecule has 0 unspecified atom stereocenters. The van der Waals surface area contributed by atoms with Gasteiger partial charge in [-0.25, -0.2) is 0 Å². The molecule has 18 heavy (non-hydrogen) atoms. The number of benzene rings is 1. The van der Waals surface area contributed by atoms with Crippen molar-refractivity contribution in [3.63, 3.8) is 0 Å². The third-order valence-corrected chi connectivity index (χ3v) is 2.74. The molecular weight excluding hydrogens is 250 g/mol. The molecule has 96 valence electrons. The topological polar surface area (TPSA) is 40.5 Å². The van der Waals surface area contributed by atoms with E-state index in [1.165, 1.54) is 0 Å². The lowest BCUT2D eigenvalue weighted by molar-refractivity contribution is 0.0795. The molecule has 0 spiro atoms. The molecule has 0 saturated heterocycles. The highest BCUT2D eigenvalue weighted by Gasteiger charge is 2.12. The van der Waals surface area contributed by atoms with Gasteiger partial charge < -0.3 is 10.0 Å². The molecule has 1 aromatic rings. The number of hydrogen-bond acceptors (Lipinski definition) is 2. The molecule has 0 aliphatic rings. The maximum atomic E-state index is 12.0. The van der Waals surface area contributed by atoms with E-state index in [1.807, 2.05) is 6.92 Å². The van der Waals surface area contributed by atoms with Crippen molar-refractivity contribution >= 4 is 17.5 Å². The van der Waals surface area contributed by atoms with E-state index < -0.39 is 0 Å². The van der Waals surface area contributed by atoms with E-state index in [0.29, 0.717) is 22.7 Å². The lowest BCUT2D eigenvalue weighted by Gasteiger charge is -2.16. The first-order valence-electron chi connectivity index (χ1n) is 5.75. The average Bonchev–Trinajstić information content (AvgIpc) is 2.36. The number of rotatable bonds is 3. The highest BCUT2D eigenvalue weighted by Crippen LogP contribution is 2.18. The van der Waals surface area contributed by atoms with Crippen LogP contribution in [0.15, 0.2) is 18.2 Å². The Labute approximate surface area is 112 Å². The summed E-state index contributed by atoms with van der Waals surface area (Å²) in [6, 6.07) is 5.00. The largest absolute Gasteiger partial charge is 0.384 e. The van der Waals surface area contributed by atoms with Crippen LogP contribution in [-0.2, 0) is 0 Å². The fraction of sp³-hybridized carbons (Fsp3) is 0.357. The highest BCUT2D eigenvalue weighted by atomic mass is 35.5. The van der Waals surface area contributed by atoms with Crippen molar-refractivity contribution < 1.29 is 9.90 Å². The van der Waals surface area contributed by atoms with E-state index in [4.69, 9.17) is 16.7 Å². The summed E-state index contributed by atoms with van der Waals surface area (Å²) in [6.07, 6.45) is 0.913. The van der Waals surface area contributed by atoms with Crippen molar-refractivity contribution in [2.45, 2.75) is 13.3 Å². The molecule has 1 N–H and O–H groups in total. The molecule has 0 aliphatic carbocycles. The fourth-order valence-electron chi connectivity index (χ4n) is 1.54. The van der Waals surface area contributed by atoms with Gasteiger partial charge in [-0.3, -0.25) is 4.79 Å². The van der Waals surface area contributed by atoms with E-state index in [-0.39, 0.29) is 12.5 Å². The third kappa shape index (κ3) is 3.76. The van der Waals surface area contributed by atoms with Gasteiger partial charge in [0, 0.05) is 24.7 Å². The lowest BCUT2D eigenvalue weighted by Crippen LogP contribution is -2.27. The van der Waals surface area contributed by atoms with Crippen molar-refractivity contribution in [2.24, 2.45) is 0 Å². The second kappa shape index (κ2) is 7.05. The van der Waals surface area contributed by atoms with Crippen molar-refractivity contribution in [3.8, 4) is 11.8 Å². The second-order valence-electron chi connectivity index (χ2n) is 3.88. The van der Waals surface area contributed by atoms with Crippen LogP contribution in [0.1, 0.15) is 29.3 Å². The molecule has 1 amide bonds. The van der Waals surface area contributed by atoms with Gasteiger partial charge in [0.2, 0.25) is 0 Å². The van der Waals surface area contributed by atoms with Crippen LogP contribution in [0.5, 0.6) is 0 Å². The van der Waals surface area contributed by atoms with Crippen molar-refractivity contribution in [2.75, 3.05) is 20.2 Å². The molecule has 0 fully saturated rings. The summed E-state index contributed by atoms with van der Waals surface area (Å²) >= 11 is 6.04. The minimum atomic E-state index is -0.212. The first-order valence-corrected chi connectivity index (χ1v) is 6.12. The number of hydrogen-bond donors (Lipinski definition) is 1. The summed E-state index contributed by atoms with van der Waals surface area (Å²) in [5, 5.41) is 9.04. The minimum Gasteiger partial charge on any atom is -0.384 e. The van der Waals surface area contributed by atoms with E-state index in [1.54, 1.807) is 30.1 Å². The zero-order chi connectivity index (χ0) is 13.5. The van der Waals surface area contributed by atoms with E-state index in [2.05, 4.69) is 11.8 Å². The second-order valence-corrected chi connectivity index (χ2v) is 4.29. The summed E-state index contributed by atoms with van der Waals surface area (Å²) in [7, 11) is 1.76. The number of nitrogens with zero attached hydrogens (tertiary/aromatic N) is 1. The average molecular weight is 266 g/mol. The standard InChI is InChI=1S/C14H16ClNO2/c1-3-8-16(2)14(18)12-7-6-11(5-4-9-17)13(15)10-12/h6-7,10,17H,3,8-9H2,1-2H3. The SMILES string of the molecule is CCCN(C)C(=O)c1ccc(C#CCO)c(Cl)c1. The molecular formula is C14H16ClNO2. The van der Waals surface area contributed by atoms with Gasteiger partial charge in [0.1, 0.15) is 6.61 Å². The number of aliphatic hydroxyl groups excluding tert-OH is 1. The number of aliphatic hydroxyl groups is 1. The molecule has 0 atom stereocenters. The van der Waals surface area contributed by atoms with Crippen LogP contribution in [0.4, 0.5) is 0 Å². The Kier molecular flexibility index (Phi) is 5.70. The van der Waals surface area contributed by atoms with Crippen molar-refractivity contribution in [1.82, 2.24) is 4.90 Å². The summed E-state index contributed by atoms with van der Waals surface area (Å²) in [4.78, 5) is 13.7. The Morgan fingerprint density at radius 1 is 1.50 bits per heavy atom. The van der Waals surface area contributed by atoms with Gasteiger partial charge in [0.25, 0.3) is 5.91 Å². The molecule has 0 saturated carbocycles. The van der Waals surface area contributed by atoms with Crippen LogP contribution in [-0.4, -0.2) is 36.1 Å². The Balaban J connectivity index is 2.93. The summed E-state index contributed by atoms with van der Waals surface area (Å²) in [5.74, 6) is 5.19. The van der Waals surface area contributed by atoms with Crippen molar-refractivity contribution in [3.05, 3.63) is 34.3 Å². The molecule has 1 aromatic carbocycles. The summed E-state index contributed by atoms with van der Waals surface area (Å²) in [5.41, 5.74) is 1.16. The van der Waals surface area contributed by atoms with E-state index in [0.717, 1.165) is 6.42 Å². The summed E-state index contributed by atoms with van der Waals surface area (Å²) in [6.45, 7) is 2.52. The minimum absolute atomic E-state index is 0.0552. The van der Waals surface area contributed by atoms with Crippen molar-refractivity contribution in [1.29, 1.82) is 0 Å². The Hall–Kier alpha value is -1.50. The molecule has 3 nitrogen and oxygen atoms in total. The quantitative estimate of drug-likeness (QED) is 0.851. The molecule has 0 bridgehead atoms. The van der Waals surface area contributed by atoms with Gasteiger partial charge in [-0.05, 0) is 24.6 Å². The first-order chi connectivity index (χ1) is 8.60. The molecule has 0 aromatic heterocycles. The molecule has 0 radical (unpaired) electrons.